The molecule has 0 heterocycles. The van der Waals surface area contributed by atoms with Crippen LogP contribution in [0.25, 0.3) is 0 Å². The molecule has 0 spiro atoms. The van der Waals surface area contributed by atoms with Gasteiger partial charge >= 0.3 is 0 Å². The van der Waals surface area contributed by atoms with Crippen molar-refractivity contribution in [3.8, 4) is 11.5 Å². The molecule has 2 aromatic carbocycles. The molecule has 162 valence electrons. The lowest BCUT2D eigenvalue weighted by Gasteiger charge is -2.18. The molecule has 11 heteroatoms. The van der Waals surface area contributed by atoms with E-state index in [0.29, 0.717) is 17.1 Å². The van der Waals surface area contributed by atoms with Crippen LogP contribution in [0.15, 0.2) is 46.4 Å². The third-order valence-corrected chi connectivity index (χ3v) is 6.38. The number of methoxy groups -OCH3 is 2. The lowest BCUT2D eigenvalue weighted by Crippen LogP contribution is -2.30. The van der Waals surface area contributed by atoms with E-state index in [9.17, 15) is 18.5 Å². The summed E-state index contributed by atoms with van der Waals surface area (Å²) < 4.78 is 37.0. The van der Waals surface area contributed by atoms with E-state index in [4.69, 9.17) is 9.47 Å². The smallest absolute Gasteiger partial charge is 0.295 e. The third kappa shape index (κ3) is 4.86. The largest absolute Gasteiger partial charge is 0.493 e. The first-order chi connectivity index (χ1) is 14.3. The van der Waals surface area contributed by atoms with E-state index in [2.05, 4.69) is 10.5 Å². The number of anilines is 1. The van der Waals surface area contributed by atoms with E-state index in [1.165, 1.54) is 36.9 Å². The summed E-state index contributed by atoms with van der Waals surface area (Å²) in [6, 6.07) is 8.86. The highest BCUT2D eigenvalue weighted by Crippen LogP contribution is 2.31. The molecule has 2 rings (SSSR count). The molecule has 0 aliphatic rings. The Morgan fingerprint density at radius 2 is 1.87 bits per heavy atom. The van der Waals surface area contributed by atoms with Crippen LogP contribution in [0.2, 0.25) is 0 Å². The van der Waals surface area contributed by atoms with Gasteiger partial charge in [-0.15, -0.1) is 0 Å². The van der Waals surface area contributed by atoms with Gasteiger partial charge in [0.1, 0.15) is 5.69 Å². The maximum atomic E-state index is 12.6. The maximum absolute atomic E-state index is 12.6. The average Bonchev–Trinajstić information content (AvgIpc) is 2.74. The number of nitrogens with one attached hydrogen (secondary N) is 1. The predicted molar refractivity (Wildman–Crippen MR) is 114 cm³/mol. The van der Waals surface area contributed by atoms with Crippen molar-refractivity contribution in [3.05, 3.63) is 52.1 Å². The second-order valence-corrected chi connectivity index (χ2v) is 7.92. The van der Waals surface area contributed by atoms with E-state index in [1.54, 1.807) is 32.0 Å². The molecule has 0 fully saturated rings. The molecule has 10 nitrogen and oxygen atoms in total. The van der Waals surface area contributed by atoms with Gasteiger partial charge in [0.25, 0.3) is 5.69 Å². The molecule has 0 atom stereocenters. The van der Waals surface area contributed by atoms with Gasteiger partial charge in [-0.3, -0.25) is 15.5 Å². The molecule has 0 aromatic heterocycles. The summed E-state index contributed by atoms with van der Waals surface area (Å²) in [7, 11) is -0.825. The van der Waals surface area contributed by atoms with Gasteiger partial charge in [0, 0.05) is 24.7 Å². The van der Waals surface area contributed by atoms with Gasteiger partial charge in [-0.05, 0) is 24.3 Å². The lowest BCUT2D eigenvalue weighted by molar-refractivity contribution is -0.384. The van der Waals surface area contributed by atoms with Crippen molar-refractivity contribution in [1.29, 1.82) is 0 Å². The molecule has 0 radical (unpaired) electrons. The molecule has 2 aromatic rings. The van der Waals surface area contributed by atoms with Gasteiger partial charge in [-0.1, -0.05) is 19.9 Å². The van der Waals surface area contributed by atoms with E-state index in [1.807, 2.05) is 0 Å². The normalized spacial score (nSPS) is 11.6. The highest BCUT2D eigenvalue weighted by molar-refractivity contribution is 7.89. The number of rotatable bonds is 10. The van der Waals surface area contributed by atoms with Crippen LogP contribution in [0, 0.1) is 10.1 Å². The monoisotopic (exact) mass is 436 g/mol. The Hall–Kier alpha value is -3.18. The number of benzene rings is 2. The first kappa shape index (κ1) is 23.1. The van der Waals surface area contributed by atoms with Crippen LogP contribution in [0.5, 0.6) is 11.5 Å². The Kier molecular flexibility index (Phi) is 7.72. The number of nitrogens with zero attached hydrogens (tertiary/aromatic N) is 3. The topological polar surface area (TPSA) is 123 Å². The Morgan fingerprint density at radius 3 is 2.43 bits per heavy atom. The summed E-state index contributed by atoms with van der Waals surface area (Å²) in [6.07, 6.45) is 1.42. The Morgan fingerprint density at radius 1 is 1.17 bits per heavy atom. The second-order valence-electron chi connectivity index (χ2n) is 5.98. The third-order valence-electron chi connectivity index (χ3n) is 4.33. The van der Waals surface area contributed by atoms with Crippen LogP contribution in [0.4, 0.5) is 11.4 Å². The van der Waals surface area contributed by atoms with Gasteiger partial charge < -0.3 is 9.47 Å². The Bertz CT molecular complexity index is 1040. The summed E-state index contributed by atoms with van der Waals surface area (Å²) in [4.78, 5) is 10.7. The molecule has 1 N–H and O–H groups in total. The number of para-hydroxylation sites is 1. The number of nitro groups is 1. The molecule has 0 saturated heterocycles. The first-order valence-corrected chi connectivity index (χ1v) is 10.5. The number of sulfonamides is 1. The van der Waals surface area contributed by atoms with Crippen LogP contribution in [0.3, 0.4) is 0 Å². The SMILES string of the molecule is CCN(CC)S(=O)(=O)c1ccc(N/N=C/c2cccc(OC)c2OC)c([N+](=O)[O-])c1. The quantitative estimate of drug-likeness (QED) is 0.345. The number of ether oxygens (including phenoxy) is 2. The summed E-state index contributed by atoms with van der Waals surface area (Å²) in [5.74, 6) is 0.971. The molecule has 0 unspecified atom stereocenters. The predicted octanol–water partition coefficient (Wildman–Crippen LogP) is 3.09. The van der Waals surface area contributed by atoms with Crippen LogP contribution >= 0.6 is 0 Å². The van der Waals surface area contributed by atoms with E-state index < -0.39 is 20.6 Å². The highest BCUT2D eigenvalue weighted by atomic mass is 32.2. The second kappa shape index (κ2) is 10.0. The molecule has 0 saturated carbocycles. The van der Waals surface area contributed by atoms with Crippen molar-refractivity contribution >= 4 is 27.6 Å². The fourth-order valence-electron chi connectivity index (χ4n) is 2.82. The lowest BCUT2D eigenvalue weighted by atomic mass is 10.2. The van der Waals surface area contributed by atoms with Gasteiger partial charge in [-0.2, -0.15) is 9.41 Å². The van der Waals surface area contributed by atoms with Crippen molar-refractivity contribution in [2.45, 2.75) is 18.7 Å². The fraction of sp³-hybridized carbons (Fsp3) is 0.316. The standard InChI is InChI=1S/C19H24N4O6S/c1-5-22(6-2)30(26,27)15-10-11-16(17(12-15)23(24)25)21-20-13-14-8-7-9-18(28-3)19(14)29-4/h7-13,21H,5-6H2,1-4H3/b20-13+. The van der Waals surface area contributed by atoms with Crippen molar-refractivity contribution in [1.82, 2.24) is 4.31 Å². The van der Waals surface area contributed by atoms with Crippen LogP contribution in [0.1, 0.15) is 19.4 Å². The highest BCUT2D eigenvalue weighted by Gasteiger charge is 2.25. The first-order valence-electron chi connectivity index (χ1n) is 9.08. The minimum absolute atomic E-state index is 0.0524. The van der Waals surface area contributed by atoms with E-state index in [-0.39, 0.29) is 23.7 Å². The van der Waals surface area contributed by atoms with Crippen LogP contribution in [-0.2, 0) is 10.0 Å². The summed E-state index contributed by atoms with van der Waals surface area (Å²) in [5.41, 5.74) is 2.83. The Balaban J connectivity index is 2.36. The Labute approximate surface area is 175 Å². The van der Waals surface area contributed by atoms with Crippen LogP contribution in [-0.4, -0.2) is 51.2 Å². The summed E-state index contributed by atoms with van der Waals surface area (Å²) in [5, 5.41) is 15.5. The van der Waals surface area contributed by atoms with Crippen LogP contribution < -0.4 is 14.9 Å². The van der Waals surface area contributed by atoms with Crippen molar-refractivity contribution in [3.63, 3.8) is 0 Å². The van der Waals surface area contributed by atoms with Gasteiger partial charge in [0.05, 0.1) is 30.3 Å². The minimum Gasteiger partial charge on any atom is -0.493 e. The zero-order valence-corrected chi connectivity index (χ0v) is 18.0. The molecule has 0 aliphatic heterocycles. The van der Waals surface area contributed by atoms with Crippen molar-refractivity contribution in [2.75, 3.05) is 32.7 Å². The van der Waals surface area contributed by atoms with Gasteiger partial charge in [0.2, 0.25) is 10.0 Å². The average molecular weight is 436 g/mol. The minimum atomic E-state index is -3.82. The number of hydrogen-bond donors (Lipinski definition) is 1. The number of hydrazone groups is 1. The van der Waals surface area contributed by atoms with Gasteiger partial charge in [0.15, 0.2) is 11.5 Å². The zero-order valence-electron chi connectivity index (χ0n) is 17.2. The fourth-order valence-corrected chi connectivity index (χ4v) is 4.29. The molecular weight excluding hydrogens is 412 g/mol. The molecule has 0 bridgehead atoms. The van der Waals surface area contributed by atoms with E-state index >= 15 is 0 Å². The number of hydrogen-bond acceptors (Lipinski definition) is 8. The van der Waals surface area contributed by atoms with Crippen molar-refractivity contribution in [2.24, 2.45) is 5.10 Å². The zero-order chi connectivity index (χ0) is 22.3. The maximum Gasteiger partial charge on any atom is 0.295 e. The molecule has 0 amide bonds. The van der Waals surface area contributed by atoms with E-state index in [0.717, 1.165) is 6.07 Å². The molecule has 30 heavy (non-hydrogen) atoms. The number of nitro benzene ring substituents is 1. The summed E-state index contributed by atoms with van der Waals surface area (Å²) >= 11 is 0. The summed E-state index contributed by atoms with van der Waals surface area (Å²) in [6.45, 7) is 3.93. The van der Waals surface area contributed by atoms with Crippen molar-refractivity contribution < 1.29 is 22.8 Å². The molecule has 0 aliphatic carbocycles. The molecular formula is C19H24N4O6S. The van der Waals surface area contributed by atoms with Gasteiger partial charge in [-0.25, -0.2) is 8.42 Å².